The molecular weight excluding hydrogens is 106 g/mol. The van der Waals surface area contributed by atoms with Crippen LogP contribution in [0.4, 0.5) is 0 Å². The van der Waals surface area contributed by atoms with Crippen LogP contribution in [0.3, 0.4) is 0 Å². The average Bonchev–Trinajstić information content (AvgIpc) is 1.87. The monoisotopic (exact) mass is 115 g/mol. The van der Waals surface area contributed by atoms with Crippen LogP contribution in [-0.4, -0.2) is 20.4 Å². The Balaban J connectivity index is 0.000000490. The Hall–Kier alpha value is -1.06. The summed E-state index contributed by atoms with van der Waals surface area (Å²) in [4.78, 5) is 0.676. The number of nitrogens with zero attached hydrogens (tertiary/aromatic N) is 3. The van der Waals surface area contributed by atoms with Gasteiger partial charge in [0.05, 0.1) is 11.9 Å². The van der Waals surface area contributed by atoms with E-state index in [-0.39, 0.29) is 7.43 Å². The van der Waals surface area contributed by atoms with Crippen LogP contribution in [0.25, 0.3) is 0 Å². The molecule has 0 aromatic carbocycles. The van der Waals surface area contributed by atoms with Gasteiger partial charge in [-0.15, -0.1) is 5.10 Å². The maximum absolute atomic E-state index is 8.40. The smallest absolute Gasteiger partial charge is 0.0897 e. The molecule has 0 aliphatic heterocycles. The second-order valence-electron chi connectivity index (χ2n) is 1.28. The maximum atomic E-state index is 8.40. The summed E-state index contributed by atoms with van der Waals surface area (Å²) in [5.74, 6) is 0. The fourth-order valence-corrected chi connectivity index (χ4v) is 0.335. The lowest BCUT2D eigenvalue weighted by Crippen LogP contribution is -1.88. The summed E-state index contributed by atoms with van der Waals surface area (Å²) in [6.07, 6.45) is 1.42. The van der Waals surface area contributed by atoms with Gasteiger partial charge in [-0.25, -0.2) is 0 Å². The van der Waals surface area contributed by atoms with E-state index in [0.717, 1.165) is 0 Å². The van der Waals surface area contributed by atoms with Crippen molar-refractivity contribution in [2.75, 3.05) is 0 Å². The van der Waals surface area contributed by atoms with E-state index in [1.165, 1.54) is 6.20 Å². The largest absolute Gasteiger partial charge is 0.411 e. The van der Waals surface area contributed by atoms with Gasteiger partial charge in [0.2, 0.25) is 0 Å². The van der Waals surface area contributed by atoms with Crippen molar-refractivity contribution in [1.82, 2.24) is 15.2 Å². The summed E-state index contributed by atoms with van der Waals surface area (Å²) in [5.41, 5.74) is 0.711. The van der Waals surface area contributed by atoms with Gasteiger partial charge in [0.15, 0.2) is 0 Å². The van der Waals surface area contributed by atoms with Crippen molar-refractivity contribution in [3.8, 4) is 0 Å². The van der Waals surface area contributed by atoms with Crippen molar-refractivity contribution in [2.45, 2.75) is 14.4 Å². The van der Waals surface area contributed by atoms with Crippen molar-refractivity contribution in [1.29, 1.82) is 0 Å². The lowest BCUT2D eigenvalue weighted by Gasteiger charge is -1.74. The molecule has 46 valence electrons. The van der Waals surface area contributed by atoms with Gasteiger partial charge < -0.3 is 5.21 Å². The van der Waals surface area contributed by atoms with Crippen LogP contribution in [0.15, 0.2) is 6.20 Å². The Bertz CT molecular complexity index is 144. The second kappa shape index (κ2) is 2.30. The van der Waals surface area contributed by atoms with E-state index >= 15 is 0 Å². The number of rotatable bonds is 0. The molecule has 8 heavy (non-hydrogen) atoms. The summed E-state index contributed by atoms with van der Waals surface area (Å²) in [6.45, 7) is 1.75. The molecule has 0 aliphatic rings. The standard InChI is InChI=1S/C3H5N3O.CH4/c1-3-2-6(7)5-4-3;/h2,7H,1H3;1H4. The third kappa shape index (κ3) is 1.22. The molecule has 1 rings (SSSR count). The Morgan fingerprint density at radius 2 is 2.38 bits per heavy atom. The van der Waals surface area contributed by atoms with Crippen molar-refractivity contribution in [3.63, 3.8) is 0 Å². The quantitative estimate of drug-likeness (QED) is 0.500. The molecule has 1 aromatic heterocycles. The summed E-state index contributed by atoms with van der Waals surface area (Å²) in [5, 5.41) is 15.1. The molecular formula is C4H9N3O. The summed E-state index contributed by atoms with van der Waals surface area (Å²) < 4.78 is 0. The molecule has 1 heterocycles. The minimum absolute atomic E-state index is 0. The van der Waals surface area contributed by atoms with Crippen LogP contribution in [0.5, 0.6) is 0 Å². The molecule has 4 nitrogen and oxygen atoms in total. The lowest BCUT2D eigenvalue weighted by atomic mass is 10.6. The highest BCUT2D eigenvalue weighted by atomic mass is 16.5. The predicted octanol–water partition coefficient (Wildman–Crippen LogP) is 0.460. The zero-order valence-electron chi connectivity index (χ0n) is 3.87. The van der Waals surface area contributed by atoms with Crippen LogP contribution >= 0.6 is 0 Å². The molecule has 0 spiro atoms. The lowest BCUT2D eigenvalue weighted by molar-refractivity contribution is 0.143. The first-order valence-electron chi connectivity index (χ1n) is 1.87. The Morgan fingerprint density at radius 3 is 2.50 bits per heavy atom. The van der Waals surface area contributed by atoms with Gasteiger partial charge in [-0.2, -0.15) is 0 Å². The molecule has 1 aromatic rings. The van der Waals surface area contributed by atoms with Gasteiger partial charge >= 0.3 is 0 Å². The first-order valence-corrected chi connectivity index (χ1v) is 1.87. The van der Waals surface area contributed by atoms with Crippen LogP contribution in [-0.2, 0) is 0 Å². The van der Waals surface area contributed by atoms with E-state index in [9.17, 15) is 0 Å². The number of aromatic nitrogens is 3. The zero-order chi connectivity index (χ0) is 5.28. The predicted molar refractivity (Wildman–Crippen MR) is 28.7 cm³/mol. The maximum Gasteiger partial charge on any atom is 0.0897 e. The summed E-state index contributed by atoms with van der Waals surface area (Å²) >= 11 is 0. The number of aryl methyl sites for hydroxylation is 1. The van der Waals surface area contributed by atoms with Gasteiger partial charge in [0, 0.05) is 0 Å². The van der Waals surface area contributed by atoms with Crippen LogP contribution in [0.1, 0.15) is 13.1 Å². The average molecular weight is 115 g/mol. The van der Waals surface area contributed by atoms with E-state index in [2.05, 4.69) is 10.3 Å². The highest BCUT2D eigenvalue weighted by Crippen LogP contribution is 1.82. The van der Waals surface area contributed by atoms with E-state index < -0.39 is 0 Å². The normalized spacial score (nSPS) is 8.12. The zero-order valence-corrected chi connectivity index (χ0v) is 3.87. The molecule has 0 unspecified atom stereocenters. The highest BCUT2D eigenvalue weighted by molar-refractivity contribution is 4.84. The highest BCUT2D eigenvalue weighted by Gasteiger charge is 1.86. The van der Waals surface area contributed by atoms with E-state index in [4.69, 9.17) is 5.21 Å². The van der Waals surface area contributed by atoms with Gasteiger partial charge in [-0.05, 0) is 12.1 Å². The van der Waals surface area contributed by atoms with Crippen LogP contribution in [0.2, 0.25) is 0 Å². The minimum Gasteiger partial charge on any atom is -0.411 e. The molecule has 0 aliphatic carbocycles. The van der Waals surface area contributed by atoms with Crippen molar-refractivity contribution in [2.24, 2.45) is 0 Å². The van der Waals surface area contributed by atoms with Crippen LogP contribution < -0.4 is 0 Å². The van der Waals surface area contributed by atoms with Crippen molar-refractivity contribution >= 4 is 0 Å². The van der Waals surface area contributed by atoms with Gasteiger partial charge in [0.1, 0.15) is 0 Å². The summed E-state index contributed by atoms with van der Waals surface area (Å²) in [7, 11) is 0. The van der Waals surface area contributed by atoms with Gasteiger partial charge in [0.25, 0.3) is 0 Å². The first kappa shape index (κ1) is 6.94. The molecule has 1 N–H and O–H groups in total. The topological polar surface area (TPSA) is 50.9 Å². The fourth-order valence-electron chi connectivity index (χ4n) is 0.335. The fraction of sp³-hybridized carbons (Fsp3) is 0.500. The van der Waals surface area contributed by atoms with E-state index in [1.807, 2.05) is 0 Å². The minimum atomic E-state index is 0. The molecule has 0 radical (unpaired) electrons. The van der Waals surface area contributed by atoms with Gasteiger partial charge in [-0.3, -0.25) is 0 Å². The SMILES string of the molecule is C.Cc1cn(O)nn1. The molecule has 0 saturated carbocycles. The third-order valence-corrected chi connectivity index (χ3v) is 0.596. The van der Waals surface area contributed by atoms with Crippen molar-refractivity contribution in [3.05, 3.63) is 11.9 Å². The molecule has 0 saturated heterocycles. The molecule has 0 bridgehead atoms. The van der Waals surface area contributed by atoms with E-state index in [1.54, 1.807) is 6.92 Å². The molecule has 0 amide bonds. The molecule has 0 atom stereocenters. The Morgan fingerprint density at radius 1 is 1.75 bits per heavy atom. The summed E-state index contributed by atoms with van der Waals surface area (Å²) in [6, 6.07) is 0. The number of hydrogen-bond acceptors (Lipinski definition) is 3. The number of hydrogen-bond donors (Lipinski definition) is 1. The Kier molecular flexibility index (Phi) is 1.99. The first-order chi connectivity index (χ1) is 3.29. The Labute approximate surface area is 47.7 Å². The van der Waals surface area contributed by atoms with Crippen LogP contribution in [0, 0.1) is 6.92 Å². The second-order valence-corrected chi connectivity index (χ2v) is 1.28. The molecule has 0 fully saturated rings. The third-order valence-electron chi connectivity index (χ3n) is 0.596. The van der Waals surface area contributed by atoms with Crippen molar-refractivity contribution < 1.29 is 5.21 Å². The van der Waals surface area contributed by atoms with Gasteiger partial charge in [-0.1, -0.05) is 12.3 Å². The molecule has 4 heteroatoms. The van der Waals surface area contributed by atoms with E-state index in [0.29, 0.717) is 10.5 Å².